The van der Waals surface area contributed by atoms with Crippen LogP contribution < -0.4 is 9.64 Å². The zero-order valence-corrected chi connectivity index (χ0v) is 22.8. The molecule has 0 N–H and O–H groups in total. The number of hydrogen-bond donors (Lipinski definition) is 0. The van der Waals surface area contributed by atoms with Crippen LogP contribution in [0.3, 0.4) is 0 Å². The molecule has 1 aromatic carbocycles. The van der Waals surface area contributed by atoms with E-state index in [4.69, 9.17) is 14.5 Å². The van der Waals surface area contributed by atoms with Crippen LogP contribution >= 0.6 is 0 Å². The summed E-state index contributed by atoms with van der Waals surface area (Å²) in [6.45, 7) is 7.96. The van der Waals surface area contributed by atoms with Crippen LogP contribution in [-0.2, 0) is 10.9 Å². The Morgan fingerprint density at radius 2 is 1.93 bits per heavy atom. The molecule has 2 aliphatic rings. The maximum absolute atomic E-state index is 13.3. The van der Waals surface area contributed by atoms with Gasteiger partial charge in [-0.3, -0.25) is 0 Å². The second-order valence-electron chi connectivity index (χ2n) is 11.1. The number of hydrogen-bond acceptors (Lipinski definition) is 7. The largest absolute Gasteiger partial charge is 0.493 e. The van der Waals surface area contributed by atoms with Crippen molar-refractivity contribution in [3.05, 3.63) is 48.3 Å². The molecule has 0 aliphatic carbocycles. The Morgan fingerprint density at radius 3 is 2.65 bits per heavy atom. The molecule has 0 saturated carbocycles. The SMILES string of the molecule is CC(C)(C)OC(=O)N1CC=C(n2ncc3ncc(N4CCCC(COc5ccccc5C(F)(F)F)C4)nc32)CC1. The van der Waals surface area contributed by atoms with Gasteiger partial charge in [-0.2, -0.15) is 18.3 Å². The molecule has 1 amide bonds. The monoisotopic (exact) mass is 558 g/mol. The number of benzene rings is 1. The van der Waals surface area contributed by atoms with Crippen molar-refractivity contribution < 1.29 is 27.4 Å². The first-order chi connectivity index (χ1) is 19.0. The highest BCUT2D eigenvalue weighted by molar-refractivity contribution is 5.76. The molecule has 4 heterocycles. The number of amides is 1. The molecular weight excluding hydrogens is 525 g/mol. The van der Waals surface area contributed by atoms with E-state index in [1.54, 1.807) is 28.0 Å². The fraction of sp³-hybridized carbons (Fsp3) is 0.500. The highest BCUT2D eigenvalue weighted by Crippen LogP contribution is 2.36. The Hall–Kier alpha value is -3.83. The van der Waals surface area contributed by atoms with Gasteiger partial charge in [-0.25, -0.2) is 19.4 Å². The first kappa shape index (κ1) is 27.7. The zero-order valence-electron chi connectivity index (χ0n) is 22.8. The van der Waals surface area contributed by atoms with Gasteiger partial charge in [0, 0.05) is 44.2 Å². The Bertz CT molecular complexity index is 1400. The van der Waals surface area contributed by atoms with Gasteiger partial charge in [-0.15, -0.1) is 0 Å². The molecule has 1 saturated heterocycles. The summed E-state index contributed by atoms with van der Waals surface area (Å²) in [4.78, 5) is 25.6. The minimum absolute atomic E-state index is 0.0392. The van der Waals surface area contributed by atoms with Crippen LogP contribution in [0.2, 0.25) is 0 Å². The lowest BCUT2D eigenvalue weighted by atomic mass is 9.99. The summed E-state index contributed by atoms with van der Waals surface area (Å²) >= 11 is 0. The summed E-state index contributed by atoms with van der Waals surface area (Å²) in [7, 11) is 0. The van der Waals surface area contributed by atoms with Gasteiger partial charge in [0.15, 0.2) is 5.65 Å². The summed E-state index contributed by atoms with van der Waals surface area (Å²) in [6.07, 6.45) is 2.80. The lowest BCUT2D eigenvalue weighted by molar-refractivity contribution is -0.139. The van der Waals surface area contributed by atoms with E-state index < -0.39 is 17.3 Å². The van der Waals surface area contributed by atoms with Crippen molar-refractivity contribution >= 4 is 28.8 Å². The summed E-state index contributed by atoms with van der Waals surface area (Å²) in [5.74, 6) is 0.571. The number of fused-ring (bicyclic) bond motifs is 1. The van der Waals surface area contributed by atoms with Crippen LogP contribution in [0.15, 0.2) is 42.7 Å². The number of anilines is 1. The number of piperidine rings is 1. The maximum atomic E-state index is 13.3. The first-order valence-electron chi connectivity index (χ1n) is 13.4. The quantitative estimate of drug-likeness (QED) is 0.402. The Morgan fingerprint density at radius 1 is 1.12 bits per heavy atom. The number of rotatable bonds is 5. The van der Waals surface area contributed by atoms with Crippen molar-refractivity contribution in [2.24, 2.45) is 5.92 Å². The van der Waals surface area contributed by atoms with Gasteiger partial charge in [0.2, 0.25) is 0 Å². The zero-order chi connectivity index (χ0) is 28.5. The molecule has 1 atom stereocenters. The maximum Gasteiger partial charge on any atom is 0.419 e. The summed E-state index contributed by atoms with van der Waals surface area (Å²) in [5.41, 5.74) is 0.873. The van der Waals surface area contributed by atoms with Crippen molar-refractivity contribution in [3.8, 4) is 5.75 Å². The van der Waals surface area contributed by atoms with Crippen LogP contribution in [0.5, 0.6) is 5.75 Å². The third-order valence-corrected chi connectivity index (χ3v) is 6.88. The van der Waals surface area contributed by atoms with Crippen LogP contribution in [-0.4, -0.2) is 69.1 Å². The van der Waals surface area contributed by atoms with Crippen molar-refractivity contribution in [3.63, 3.8) is 0 Å². The van der Waals surface area contributed by atoms with E-state index >= 15 is 0 Å². The molecule has 40 heavy (non-hydrogen) atoms. The number of carbonyl (C=O) groups excluding carboxylic acids is 1. The van der Waals surface area contributed by atoms with E-state index in [0.717, 1.165) is 31.1 Å². The molecule has 214 valence electrons. The Kier molecular flexibility index (Phi) is 7.61. The number of para-hydroxylation sites is 1. The van der Waals surface area contributed by atoms with Crippen LogP contribution in [0, 0.1) is 5.92 Å². The smallest absolute Gasteiger partial charge is 0.419 e. The fourth-order valence-electron chi connectivity index (χ4n) is 4.94. The minimum atomic E-state index is -4.47. The van der Waals surface area contributed by atoms with Gasteiger partial charge in [-0.1, -0.05) is 12.1 Å². The average molecular weight is 559 g/mol. The highest BCUT2D eigenvalue weighted by atomic mass is 19.4. The summed E-state index contributed by atoms with van der Waals surface area (Å²) in [6, 6.07) is 5.30. The second-order valence-corrected chi connectivity index (χ2v) is 11.1. The van der Waals surface area contributed by atoms with E-state index in [-0.39, 0.29) is 24.4 Å². The first-order valence-corrected chi connectivity index (χ1v) is 13.4. The molecular formula is C28H33F3N6O3. The second kappa shape index (κ2) is 11.0. The number of halogens is 3. The molecule has 0 bridgehead atoms. The molecule has 9 nitrogen and oxygen atoms in total. The molecule has 12 heteroatoms. The summed E-state index contributed by atoms with van der Waals surface area (Å²) in [5, 5.41) is 4.50. The van der Waals surface area contributed by atoms with E-state index in [2.05, 4.69) is 15.0 Å². The lowest BCUT2D eigenvalue weighted by Gasteiger charge is -2.33. The van der Waals surface area contributed by atoms with E-state index in [1.165, 1.54) is 12.1 Å². The van der Waals surface area contributed by atoms with Gasteiger partial charge in [0.25, 0.3) is 0 Å². The third-order valence-electron chi connectivity index (χ3n) is 6.88. The predicted molar refractivity (Wildman–Crippen MR) is 144 cm³/mol. The van der Waals surface area contributed by atoms with Crippen molar-refractivity contribution in [2.75, 3.05) is 37.7 Å². The predicted octanol–water partition coefficient (Wildman–Crippen LogP) is 5.62. The number of carbonyl (C=O) groups is 1. The van der Waals surface area contributed by atoms with Crippen molar-refractivity contribution in [1.29, 1.82) is 0 Å². The van der Waals surface area contributed by atoms with E-state index in [0.29, 0.717) is 43.0 Å². The molecule has 2 aliphatic heterocycles. The number of ether oxygens (including phenoxy) is 2. The van der Waals surface area contributed by atoms with Crippen molar-refractivity contribution in [1.82, 2.24) is 24.6 Å². The van der Waals surface area contributed by atoms with Crippen molar-refractivity contribution in [2.45, 2.75) is 51.8 Å². The van der Waals surface area contributed by atoms with Gasteiger partial charge in [0.05, 0.1) is 24.6 Å². The van der Waals surface area contributed by atoms with Gasteiger partial charge in [0.1, 0.15) is 22.7 Å². The van der Waals surface area contributed by atoms with E-state index in [9.17, 15) is 18.0 Å². The van der Waals surface area contributed by atoms with Gasteiger partial charge in [-0.05, 0) is 51.8 Å². The normalized spacial score (nSPS) is 18.6. The van der Waals surface area contributed by atoms with Crippen LogP contribution in [0.4, 0.5) is 23.8 Å². The molecule has 0 spiro atoms. The van der Waals surface area contributed by atoms with Gasteiger partial charge < -0.3 is 19.3 Å². The topological polar surface area (TPSA) is 85.6 Å². The fourth-order valence-corrected chi connectivity index (χ4v) is 4.94. The van der Waals surface area contributed by atoms with Crippen LogP contribution in [0.25, 0.3) is 16.9 Å². The highest BCUT2D eigenvalue weighted by Gasteiger charge is 2.34. The third kappa shape index (κ3) is 6.31. The number of aromatic nitrogens is 4. The summed E-state index contributed by atoms with van der Waals surface area (Å²) < 4.78 is 52.9. The molecule has 1 fully saturated rings. The Labute approximate surface area is 230 Å². The van der Waals surface area contributed by atoms with E-state index in [1.807, 2.05) is 26.8 Å². The molecule has 2 aromatic heterocycles. The standard InChI is InChI=1S/C28H33F3N6O3/c1-27(2,3)40-26(38)35-13-10-20(11-14-35)37-25-22(15-33-37)32-16-24(34-25)36-12-6-7-19(17-36)18-39-23-9-5-4-8-21(23)28(29,30)31/h4-5,8-10,15-16,19H,6-7,11-14,17-18H2,1-3H3. The lowest BCUT2D eigenvalue weighted by Crippen LogP contribution is -2.39. The van der Waals surface area contributed by atoms with Gasteiger partial charge >= 0.3 is 12.3 Å². The number of alkyl halides is 3. The molecule has 1 unspecified atom stereocenters. The minimum Gasteiger partial charge on any atom is -0.493 e. The Balaban J connectivity index is 1.27. The number of nitrogens with zero attached hydrogens (tertiary/aromatic N) is 6. The molecule has 3 aromatic rings. The molecule has 0 radical (unpaired) electrons. The average Bonchev–Trinajstić information content (AvgIpc) is 3.34. The molecule has 5 rings (SSSR count). The van der Waals surface area contributed by atoms with Crippen LogP contribution in [0.1, 0.15) is 45.6 Å².